The maximum absolute atomic E-state index is 12.5. The fraction of sp³-hybridized carbons (Fsp3) is 0.267. The minimum absolute atomic E-state index is 0.144. The summed E-state index contributed by atoms with van der Waals surface area (Å²) in [6.45, 7) is 2.73. The summed E-state index contributed by atoms with van der Waals surface area (Å²) in [5, 5.41) is 9.62. The monoisotopic (exact) mass is 284 g/mol. The minimum Gasteiger partial charge on any atom is -0.336 e. The molecule has 21 heavy (non-hydrogen) atoms. The van der Waals surface area contributed by atoms with Crippen LogP contribution in [0.2, 0.25) is 0 Å². The van der Waals surface area contributed by atoms with Gasteiger partial charge in [0.1, 0.15) is 5.56 Å². The van der Waals surface area contributed by atoms with Gasteiger partial charge in [0.2, 0.25) is 0 Å². The van der Waals surface area contributed by atoms with Crippen molar-refractivity contribution < 1.29 is 4.79 Å². The number of benzene rings is 1. The highest BCUT2D eigenvalue weighted by atomic mass is 16.2. The third-order valence-corrected chi connectivity index (χ3v) is 3.51. The first-order valence-electron chi connectivity index (χ1n) is 6.91. The van der Waals surface area contributed by atoms with Crippen LogP contribution in [0, 0.1) is 0 Å². The Kier molecular flexibility index (Phi) is 3.79. The van der Waals surface area contributed by atoms with Gasteiger partial charge in [-0.25, -0.2) is 5.10 Å². The molecule has 1 amide bonds. The van der Waals surface area contributed by atoms with E-state index in [4.69, 9.17) is 0 Å². The van der Waals surface area contributed by atoms with Crippen LogP contribution in [-0.2, 0) is 0 Å². The van der Waals surface area contributed by atoms with E-state index in [0.717, 1.165) is 18.7 Å². The van der Waals surface area contributed by atoms with Crippen molar-refractivity contribution in [3.05, 3.63) is 52.3 Å². The molecular weight excluding hydrogens is 268 g/mol. The second kappa shape index (κ2) is 5.88. The summed E-state index contributed by atoms with van der Waals surface area (Å²) in [5.74, 6) is -0.239. The fourth-order valence-electron chi connectivity index (χ4n) is 2.36. The Balaban J connectivity index is 1.95. The van der Waals surface area contributed by atoms with E-state index < -0.39 is 5.56 Å². The first-order chi connectivity index (χ1) is 10.3. The van der Waals surface area contributed by atoms with Crippen LogP contribution in [0.5, 0.6) is 0 Å². The van der Waals surface area contributed by atoms with Gasteiger partial charge in [0.25, 0.3) is 11.5 Å². The molecule has 3 rings (SSSR count). The van der Waals surface area contributed by atoms with Gasteiger partial charge in [0, 0.05) is 31.7 Å². The number of hydrogen-bond acceptors (Lipinski definition) is 4. The average molecular weight is 284 g/mol. The highest BCUT2D eigenvalue weighted by Gasteiger charge is 2.21. The zero-order valence-electron chi connectivity index (χ0n) is 11.5. The number of hydrogen-bond donors (Lipinski definition) is 2. The van der Waals surface area contributed by atoms with Crippen LogP contribution >= 0.6 is 0 Å². The number of piperazine rings is 1. The molecule has 108 valence electrons. The molecule has 0 unspecified atom stereocenters. The Labute approximate surface area is 121 Å². The maximum Gasteiger partial charge on any atom is 0.277 e. The van der Waals surface area contributed by atoms with Crippen LogP contribution < -0.4 is 10.9 Å². The van der Waals surface area contributed by atoms with Crippen LogP contribution in [0.15, 0.2) is 41.2 Å². The fourth-order valence-corrected chi connectivity index (χ4v) is 2.36. The van der Waals surface area contributed by atoms with Crippen LogP contribution in [-0.4, -0.2) is 47.2 Å². The lowest BCUT2D eigenvalue weighted by Gasteiger charge is -2.27. The number of H-pyrrole nitrogens is 1. The predicted molar refractivity (Wildman–Crippen MR) is 79.1 cm³/mol. The van der Waals surface area contributed by atoms with Crippen molar-refractivity contribution in [2.75, 3.05) is 26.2 Å². The van der Waals surface area contributed by atoms with Gasteiger partial charge in [-0.3, -0.25) is 9.59 Å². The van der Waals surface area contributed by atoms with Gasteiger partial charge in [-0.1, -0.05) is 30.3 Å². The minimum atomic E-state index is -0.446. The first-order valence-corrected chi connectivity index (χ1v) is 6.91. The number of carbonyl (C=O) groups is 1. The Morgan fingerprint density at radius 1 is 1.14 bits per heavy atom. The van der Waals surface area contributed by atoms with Crippen molar-refractivity contribution in [1.29, 1.82) is 0 Å². The summed E-state index contributed by atoms with van der Waals surface area (Å²) in [6.07, 6.45) is 0. The van der Waals surface area contributed by atoms with Gasteiger partial charge in [-0.15, -0.1) is 0 Å². The summed E-state index contributed by atoms with van der Waals surface area (Å²) >= 11 is 0. The Hall–Kier alpha value is -2.47. The molecule has 1 aromatic carbocycles. The molecule has 0 spiro atoms. The van der Waals surface area contributed by atoms with E-state index >= 15 is 0 Å². The van der Waals surface area contributed by atoms with E-state index in [2.05, 4.69) is 15.5 Å². The molecular formula is C15H16N4O2. The number of aromatic nitrogens is 2. The lowest BCUT2D eigenvalue weighted by Crippen LogP contribution is -2.47. The van der Waals surface area contributed by atoms with Gasteiger partial charge in [0.05, 0.1) is 5.69 Å². The predicted octanol–water partition coefficient (Wildman–Crippen LogP) is 0.482. The molecule has 0 bridgehead atoms. The summed E-state index contributed by atoms with van der Waals surface area (Å²) in [4.78, 5) is 26.1. The lowest BCUT2D eigenvalue weighted by molar-refractivity contribution is 0.0734. The SMILES string of the molecule is O=C(c1cc(-c2ccccc2)n[nH]c1=O)N1CCNCC1. The molecule has 6 nitrogen and oxygen atoms in total. The van der Waals surface area contributed by atoms with Crippen LogP contribution in [0.25, 0.3) is 11.3 Å². The third kappa shape index (κ3) is 2.85. The van der Waals surface area contributed by atoms with Crippen LogP contribution in [0.4, 0.5) is 0 Å². The zero-order valence-corrected chi connectivity index (χ0v) is 11.5. The Morgan fingerprint density at radius 3 is 2.57 bits per heavy atom. The molecule has 1 saturated heterocycles. The number of aromatic amines is 1. The van der Waals surface area contributed by atoms with Crippen molar-refractivity contribution >= 4 is 5.91 Å². The van der Waals surface area contributed by atoms with Crippen molar-refractivity contribution in [2.45, 2.75) is 0 Å². The topological polar surface area (TPSA) is 78.1 Å². The normalized spacial score (nSPS) is 15.0. The van der Waals surface area contributed by atoms with Gasteiger partial charge in [0.15, 0.2) is 0 Å². The van der Waals surface area contributed by atoms with E-state index in [-0.39, 0.29) is 11.5 Å². The van der Waals surface area contributed by atoms with Gasteiger partial charge < -0.3 is 10.2 Å². The van der Waals surface area contributed by atoms with Crippen LogP contribution in [0.1, 0.15) is 10.4 Å². The smallest absolute Gasteiger partial charge is 0.277 e. The van der Waals surface area contributed by atoms with E-state index in [1.54, 1.807) is 11.0 Å². The summed E-state index contributed by atoms with van der Waals surface area (Å²) in [5.41, 5.74) is 1.15. The van der Waals surface area contributed by atoms with E-state index in [0.29, 0.717) is 18.8 Å². The number of nitrogens with zero attached hydrogens (tertiary/aromatic N) is 2. The molecule has 2 heterocycles. The molecule has 1 aliphatic rings. The standard InChI is InChI=1S/C15H16N4O2/c20-14-12(15(21)19-8-6-16-7-9-19)10-13(17-18-14)11-4-2-1-3-5-11/h1-5,10,16H,6-9H2,(H,18,20). The van der Waals surface area contributed by atoms with E-state index in [9.17, 15) is 9.59 Å². The van der Waals surface area contributed by atoms with E-state index in [1.165, 1.54) is 0 Å². The van der Waals surface area contributed by atoms with Crippen molar-refractivity contribution in [2.24, 2.45) is 0 Å². The van der Waals surface area contributed by atoms with Gasteiger partial charge in [-0.2, -0.15) is 5.10 Å². The van der Waals surface area contributed by atoms with Crippen molar-refractivity contribution in [3.8, 4) is 11.3 Å². The molecule has 6 heteroatoms. The van der Waals surface area contributed by atoms with Crippen molar-refractivity contribution in [1.82, 2.24) is 20.4 Å². The largest absolute Gasteiger partial charge is 0.336 e. The van der Waals surface area contributed by atoms with Gasteiger partial charge >= 0.3 is 0 Å². The molecule has 2 N–H and O–H groups in total. The highest BCUT2D eigenvalue weighted by Crippen LogP contribution is 2.15. The first kappa shape index (κ1) is 13.5. The molecule has 1 fully saturated rings. The molecule has 0 saturated carbocycles. The lowest BCUT2D eigenvalue weighted by atomic mass is 10.1. The second-order valence-corrected chi connectivity index (χ2v) is 4.90. The zero-order chi connectivity index (χ0) is 14.7. The van der Waals surface area contributed by atoms with Crippen molar-refractivity contribution in [3.63, 3.8) is 0 Å². The average Bonchev–Trinajstić information content (AvgIpc) is 2.56. The number of nitrogens with one attached hydrogen (secondary N) is 2. The second-order valence-electron chi connectivity index (χ2n) is 4.90. The maximum atomic E-state index is 12.5. The quantitative estimate of drug-likeness (QED) is 0.841. The summed E-state index contributed by atoms with van der Waals surface area (Å²) in [6, 6.07) is 11.0. The van der Waals surface area contributed by atoms with E-state index in [1.807, 2.05) is 30.3 Å². The third-order valence-electron chi connectivity index (χ3n) is 3.51. The molecule has 1 aliphatic heterocycles. The highest BCUT2D eigenvalue weighted by molar-refractivity contribution is 5.94. The molecule has 0 radical (unpaired) electrons. The molecule has 1 aromatic heterocycles. The Bertz CT molecular complexity index is 690. The number of rotatable bonds is 2. The molecule has 0 aliphatic carbocycles. The molecule has 0 atom stereocenters. The Morgan fingerprint density at radius 2 is 1.86 bits per heavy atom. The van der Waals surface area contributed by atoms with Crippen LogP contribution in [0.3, 0.4) is 0 Å². The number of carbonyl (C=O) groups excluding carboxylic acids is 1. The number of amides is 1. The summed E-state index contributed by atoms with van der Waals surface area (Å²) in [7, 11) is 0. The molecule has 2 aromatic rings. The summed E-state index contributed by atoms with van der Waals surface area (Å²) < 4.78 is 0. The van der Waals surface area contributed by atoms with Gasteiger partial charge in [-0.05, 0) is 6.07 Å².